The van der Waals surface area contributed by atoms with Crippen LogP contribution >= 0.6 is 11.6 Å². The van der Waals surface area contributed by atoms with Crippen molar-refractivity contribution in [3.63, 3.8) is 0 Å². The van der Waals surface area contributed by atoms with Crippen molar-refractivity contribution >= 4 is 29.3 Å². The van der Waals surface area contributed by atoms with Crippen molar-refractivity contribution in [2.45, 2.75) is 33.2 Å². The number of hydrogen-bond donors (Lipinski definition) is 1. The number of benzene rings is 1. The highest BCUT2D eigenvalue weighted by Crippen LogP contribution is 2.17. The molecule has 1 amide bonds. The lowest BCUT2D eigenvalue weighted by atomic mass is 10.1. The molecule has 8 nitrogen and oxygen atoms in total. The molecule has 1 N–H and O–H groups in total. The molecule has 1 aromatic carbocycles. The molecule has 3 rings (SSSR count). The molecule has 0 saturated carbocycles. The molecule has 0 bridgehead atoms. The second-order valence-corrected chi connectivity index (χ2v) is 6.85. The summed E-state index contributed by atoms with van der Waals surface area (Å²) in [7, 11) is 0. The van der Waals surface area contributed by atoms with Gasteiger partial charge in [-0.15, -0.1) is 0 Å². The number of carbonyl (C=O) groups excluding carboxylic acids is 2. The summed E-state index contributed by atoms with van der Waals surface area (Å²) in [5.41, 5.74) is 3.01. The van der Waals surface area contributed by atoms with Gasteiger partial charge in [-0.1, -0.05) is 23.7 Å². The molecule has 0 unspecified atom stereocenters. The Morgan fingerprint density at radius 1 is 1.32 bits per heavy atom. The van der Waals surface area contributed by atoms with Gasteiger partial charge in [0.15, 0.2) is 6.61 Å². The highest BCUT2D eigenvalue weighted by Gasteiger charge is 2.17. The number of hydrogen-bond acceptors (Lipinski definition) is 6. The summed E-state index contributed by atoms with van der Waals surface area (Å²) in [6.45, 7) is 5.10. The van der Waals surface area contributed by atoms with Crippen LogP contribution in [-0.2, 0) is 20.7 Å². The van der Waals surface area contributed by atoms with Gasteiger partial charge in [-0.05, 0) is 38.5 Å². The molecule has 1 atom stereocenters. The molecule has 0 aliphatic heterocycles. The maximum absolute atomic E-state index is 12.2. The van der Waals surface area contributed by atoms with Gasteiger partial charge in [-0.3, -0.25) is 9.59 Å². The first-order chi connectivity index (χ1) is 13.3. The Morgan fingerprint density at radius 3 is 2.86 bits per heavy atom. The van der Waals surface area contributed by atoms with E-state index in [1.807, 2.05) is 26.0 Å². The summed E-state index contributed by atoms with van der Waals surface area (Å²) in [6.07, 6.45) is 1.40. The second-order valence-electron chi connectivity index (χ2n) is 6.41. The van der Waals surface area contributed by atoms with Gasteiger partial charge in [0.25, 0.3) is 11.7 Å². The smallest absolute Gasteiger partial charge is 0.310 e. The number of amides is 1. The molecule has 2 aromatic heterocycles. The summed E-state index contributed by atoms with van der Waals surface area (Å²) < 4.78 is 6.69. The van der Waals surface area contributed by atoms with E-state index in [1.54, 1.807) is 23.6 Å². The molecular weight excluding hydrogens is 382 g/mol. The zero-order valence-electron chi connectivity index (χ0n) is 15.8. The summed E-state index contributed by atoms with van der Waals surface area (Å²) in [5.74, 6) is -0.432. The van der Waals surface area contributed by atoms with E-state index in [9.17, 15) is 9.59 Å². The molecule has 3 aromatic rings. The number of aromatic nitrogens is 4. The number of esters is 1. The van der Waals surface area contributed by atoms with Crippen molar-refractivity contribution in [1.82, 2.24) is 24.9 Å². The van der Waals surface area contributed by atoms with E-state index in [2.05, 4.69) is 20.4 Å². The van der Waals surface area contributed by atoms with Gasteiger partial charge in [0.1, 0.15) is 6.33 Å². The van der Waals surface area contributed by atoms with E-state index >= 15 is 0 Å². The van der Waals surface area contributed by atoms with Crippen LogP contribution in [0.5, 0.6) is 0 Å². The number of carbonyl (C=O) groups is 2. The molecule has 28 heavy (non-hydrogen) atoms. The van der Waals surface area contributed by atoms with E-state index in [0.717, 1.165) is 11.3 Å². The third kappa shape index (κ3) is 4.45. The normalized spacial score (nSPS) is 12.0. The third-order valence-corrected chi connectivity index (χ3v) is 4.64. The fourth-order valence-corrected chi connectivity index (χ4v) is 3.09. The maximum Gasteiger partial charge on any atom is 0.310 e. The number of aryl methyl sites for hydroxylation is 2. The molecule has 146 valence electrons. The van der Waals surface area contributed by atoms with Gasteiger partial charge in [-0.25, -0.2) is 9.50 Å². The van der Waals surface area contributed by atoms with Gasteiger partial charge in [-0.2, -0.15) is 10.1 Å². The molecule has 0 fully saturated rings. The van der Waals surface area contributed by atoms with Crippen LogP contribution in [-0.4, -0.2) is 38.1 Å². The Hall–Kier alpha value is -3.00. The van der Waals surface area contributed by atoms with E-state index in [4.69, 9.17) is 16.3 Å². The van der Waals surface area contributed by atoms with Crippen LogP contribution < -0.4 is 5.32 Å². The standard InChI is InChI=1S/C19H20ClN5O3/c1-11(14-5-4-6-15(20)7-14)23-17(26)9-28-18(27)8-16-12(2)24-19-21-10-22-25(19)13(16)3/h4-7,10-11H,8-9H2,1-3H3,(H,23,26)/t11-/m0/s1. The fraction of sp³-hybridized carbons (Fsp3) is 0.316. The number of nitrogens with one attached hydrogen (secondary N) is 1. The Balaban J connectivity index is 1.56. The SMILES string of the molecule is Cc1nc2ncnn2c(C)c1CC(=O)OCC(=O)N[C@@H](C)c1cccc(Cl)c1. The van der Waals surface area contributed by atoms with Gasteiger partial charge in [0.05, 0.1) is 12.5 Å². The largest absolute Gasteiger partial charge is 0.455 e. The van der Waals surface area contributed by atoms with Crippen LogP contribution in [0.25, 0.3) is 5.78 Å². The average molecular weight is 402 g/mol. The number of rotatable bonds is 6. The molecule has 0 aliphatic rings. The molecule has 0 radical (unpaired) electrons. The average Bonchev–Trinajstić information content (AvgIpc) is 3.12. The van der Waals surface area contributed by atoms with Gasteiger partial charge >= 0.3 is 5.97 Å². The van der Waals surface area contributed by atoms with E-state index < -0.39 is 5.97 Å². The van der Waals surface area contributed by atoms with Crippen molar-refractivity contribution < 1.29 is 14.3 Å². The van der Waals surface area contributed by atoms with Crippen molar-refractivity contribution in [1.29, 1.82) is 0 Å². The van der Waals surface area contributed by atoms with Crippen molar-refractivity contribution in [3.05, 3.63) is 58.1 Å². The summed E-state index contributed by atoms with van der Waals surface area (Å²) in [4.78, 5) is 32.6. The molecule has 0 aliphatic carbocycles. The van der Waals surface area contributed by atoms with E-state index in [-0.39, 0.29) is 25.0 Å². The number of halogens is 1. The number of ether oxygens (including phenoxy) is 1. The van der Waals surface area contributed by atoms with Crippen LogP contribution in [0.3, 0.4) is 0 Å². The molecule has 2 heterocycles. The Bertz CT molecular complexity index is 1030. The first-order valence-electron chi connectivity index (χ1n) is 8.71. The Labute approximate surface area is 166 Å². The Kier molecular flexibility index (Phi) is 5.89. The summed E-state index contributed by atoms with van der Waals surface area (Å²) in [5, 5.41) is 7.45. The van der Waals surface area contributed by atoms with Gasteiger partial charge in [0, 0.05) is 22.0 Å². The lowest BCUT2D eigenvalue weighted by Gasteiger charge is -2.15. The van der Waals surface area contributed by atoms with Crippen LogP contribution in [0.4, 0.5) is 0 Å². The zero-order chi connectivity index (χ0) is 20.3. The topological polar surface area (TPSA) is 98.5 Å². The summed E-state index contributed by atoms with van der Waals surface area (Å²) >= 11 is 5.96. The minimum atomic E-state index is -0.516. The molecule has 9 heteroatoms. The minimum Gasteiger partial charge on any atom is -0.455 e. The monoisotopic (exact) mass is 401 g/mol. The first kappa shape index (κ1) is 19.8. The number of nitrogens with zero attached hydrogens (tertiary/aromatic N) is 4. The van der Waals surface area contributed by atoms with E-state index in [0.29, 0.717) is 22.1 Å². The van der Waals surface area contributed by atoms with Crippen LogP contribution in [0.1, 0.15) is 35.5 Å². The van der Waals surface area contributed by atoms with Crippen molar-refractivity contribution in [2.24, 2.45) is 0 Å². The van der Waals surface area contributed by atoms with Crippen molar-refractivity contribution in [3.8, 4) is 0 Å². The zero-order valence-corrected chi connectivity index (χ0v) is 16.5. The maximum atomic E-state index is 12.2. The molecule has 0 saturated heterocycles. The number of fused-ring (bicyclic) bond motifs is 1. The van der Waals surface area contributed by atoms with Crippen molar-refractivity contribution in [2.75, 3.05) is 6.61 Å². The first-order valence-corrected chi connectivity index (χ1v) is 9.09. The van der Waals surface area contributed by atoms with Gasteiger partial charge < -0.3 is 10.1 Å². The minimum absolute atomic E-state index is 0.00239. The van der Waals surface area contributed by atoms with Crippen LogP contribution in [0, 0.1) is 13.8 Å². The fourth-order valence-electron chi connectivity index (χ4n) is 2.90. The molecular formula is C19H20ClN5O3. The third-order valence-electron chi connectivity index (χ3n) is 4.40. The highest BCUT2D eigenvalue weighted by atomic mass is 35.5. The lowest BCUT2D eigenvalue weighted by Crippen LogP contribution is -2.31. The summed E-state index contributed by atoms with van der Waals surface area (Å²) in [6, 6.07) is 6.95. The quantitative estimate of drug-likeness (QED) is 0.636. The van der Waals surface area contributed by atoms with Gasteiger partial charge in [0.2, 0.25) is 0 Å². The Morgan fingerprint density at radius 2 is 2.11 bits per heavy atom. The molecule has 0 spiro atoms. The second kappa shape index (κ2) is 8.35. The predicted octanol–water partition coefficient (Wildman–Crippen LogP) is 2.36. The predicted molar refractivity (Wildman–Crippen MR) is 103 cm³/mol. The van der Waals surface area contributed by atoms with E-state index in [1.165, 1.54) is 6.33 Å². The lowest BCUT2D eigenvalue weighted by molar-refractivity contribution is -0.148. The highest BCUT2D eigenvalue weighted by molar-refractivity contribution is 6.30. The van der Waals surface area contributed by atoms with Crippen LogP contribution in [0.2, 0.25) is 5.02 Å². The van der Waals surface area contributed by atoms with Crippen LogP contribution in [0.15, 0.2) is 30.6 Å².